The van der Waals surface area contributed by atoms with E-state index in [0.717, 1.165) is 16.9 Å². The molecule has 0 fully saturated rings. The number of rotatable bonds is 13. The van der Waals surface area contributed by atoms with Crippen LogP contribution in [-0.4, -0.2) is 51.3 Å². The van der Waals surface area contributed by atoms with E-state index in [9.17, 15) is 19.5 Å². The van der Waals surface area contributed by atoms with Gasteiger partial charge in [0.15, 0.2) is 0 Å². The van der Waals surface area contributed by atoms with E-state index in [1.807, 2.05) is 13.0 Å². The Morgan fingerprint density at radius 1 is 1.17 bits per heavy atom. The lowest BCUT2D eigenvalue weighted by Gasteiger charge is -2.30. The first-order valence-corrected chi connectivity index (χ1v) is 10.8. The van der Waals surface area contributed by atoms with Gasteiger partial charge in [-0.25, -0.2) is 4.79 Å². The molecule has 0 radical (unpaired) electrons. The Hall–Kier alpha value is -2.16. The molecule has 0 heterocycles. The molecule has 2 unspecified atom stereocenters. The van der Waals surface area contributed by atoms with E-state index >= 15 is 0 Å². The molecule has 0 bridgehead atoms. The van der Waals surface area contributed by atoms with Gasteiger partial charge in [-0.1, -0.05) is 56.2 Å². The summed E-state index contributed by atoms with van der Waals surface area (Å²) in [5.41, 5.74) is 12.9. The van der Waals surface area contributed by atoms with Crippen molar-refractivity contribution in [3.63, 3.8) is 0 Å². The average molecular weight is 436 g/mol. The van der Waals surface area contributed by atoms with E-state index in [2.05, 4.69) is 0 Å². The minimum atomic E-state index is -1.35. The summed E-state index contributed by atoms with van der Waals surface area (Å²) in [5.74, 6) is -2.42. The van der Waals surface area contributed by atoms with Gasteiger partial charge in [0.2, 0.25) is 11.8 Å². The molecule has 1 aromatic rings. The highest BCUT2D eigenvalue weighted by Crippen LogP contribution is 2.19. The molecule has 0 aliphatic carbocycles. The van der Waals surface area contributed by atoms with Crippen LogP contribution in [0.1, 0.15) is 63.5 Å². The van der Waals surface area contributed by atoms with Crippen molar-refractivity contribution < 1.29 is 19.5 Å². The second-order valence-corrected chi connectivity index (χ2v) is 7.98. The summed E-state index contributed by atoms with van der Waals surface area (Å²) in [7, 11) is 0. The Morgan fingerprint density at radius 2 is 1.83 bits per heavy atom. The van der Waals surface area contributed by atoms with E-state index < -0.39 is 29.9 Å². The number of unbranched alkanes of at least 4 members (excludes halogenated alkanes) is 2. The highest BCUT2D eigenvalue weighted by molar-refractivity contribution is 7.80. The molecule has 8 heteroatoms. The number of imide groups is 1. The zero-order valence-electron chi connectivity index (χ0n) is 17.8. The maximum atomic E-state index is 13.1. The van der Waals surface area contributed by atoms with Gasteiger partial charge in [0.25, 0.3) is 0 Å². The first-order valence-electron chi connectivity index (χ1n) is 10.4. The summed E-state index contributed by atoms with van der Waals surface area (Å²) < 4.78 is 0. The van der Waals surface area contributed by atoms with Crippen LogP contribution in [0.15, 0.2) is 24.3 Å². The van der Waals surface area contributed by atoms with Gasteiger partial charge in [-0.15, -0.1) is 0 Å². The third-order valence-corrected chi connectivity index (χ3v) is 5.16. The number of nitrogens with zero attached hydrogens (tertiary/aromatic N) is 1. The van der Waals surface area contributed by atoms with Crippen molar-refractivity contribution >= 4 is 34.9 Å². The third-order valence-electron chi connectivity index (χ3n) is 4.94. The standard InChI is InChI=1S/C22H33N3O4S/c1-3-4-12-20(26)25(21(27)18(24)11-7-8-13-23)19(22(28)29)14-16-9-5-6-10-17(16)15(2)30/h5-6,9-10,18-19H,3-4,7-8,11-14,23-24H2,1-2H3,(H,28,29). The molecule has 2 amide bonds. The van der Waals surface area contributed by atoms with Crippen molar-refractivity contribution in [1.82, 2.24) is 4.90 Å². The van der Waals surface area contributed by atoms with Crippen LogP contribution in [0.4, 0.5) is 0 Å². The molecule has 7 nitrogen and oxygen atoms in total. The summed E-state index contributed by atoms with van der Waals surface area (Å²) in [4.78, 5) is 39.6. The molecule has 0 aliphatic heterocycles. The molecule has 1 rings (SSSR count). The summed E-state index contributed by atoms with van der Waals surface area (Å²) in [6.07, 6.45) is 3.05. The Bertz CT molecular complexity index is 754. The molecule has 0 saturated carbocycles. The van der Waals surface area contributed by atoms with Crippen LogP contribution in [-0.2, 0) is 20.8 Å². The van der Waals surface area contributed by atoms with Crippen molar-refractivity contribution in [2.45, 2.75) is 70.9 Å². The first kappa shape index (κ1) is 25.9. The largest absolute Gasteiger partial charge is 0.480 e. The van der Waals surface area contributed by atoms with E-state index in [1.54, 1.807) is 25.1 Å². The summed E-state index contributed by atoms with van der Waals surface area (Å²) in [6, 6.07) is 4.86. The van der Waals surface area contributed by atoms with Gasteiger partial charge in [-0.3, -0.25) is 14.5 Å². The average Bonchev–Trinajstić information content (AvgIpc) is 2.71. The second-order valence-electron chi connectivity index (χ2n) is 7.37. The van der Waals surface area contributed by atoms with E-state index in [1.165, 1.54) is 0 Å². The number of hydrogen-bond donors (Lipinski definition) is 3. The van der Waals surface area contributed by atoms with Crippen LogP contribution in [0.3, 0.4) is 0 Å². The van der Waals surface area contributed by atoms with Gasteiger partial charge in [-0.2, -0.15) is 0 Å². The van der Waals surface area contributed by atoms with Crippen molar-refractivity contribution in [1.29, 1.82) is 0 Å². The number of carbonyl (C=O) groups is 3. The number of carbonyl (C=O) groups excluding carboxylic acids is 2. The fraction of sp³-hybridized carbons (Fsp3) is 0.545. The minimum absolute atomic E-state index is 0.0292. The lowest BCUT2D eigenvalue weighted by molar-refractivity contribution is -0.158. The van der Waals surface area contributed by atoms with E-state index in [4.69, 9.17) is 23.7 Å². The fourth-order valence-electron chi connectivity index (χ4n) is 3.25. The number of carboxylic acids is 1. The molecule has 5 N–H and O–H groups in total. The van der Waals surface area contributed by atoms with Crippen LogP contribution < -0.4 is 11.5 Å². The highest BCUT2D eigenvalue weighted by atomic mass is 32.1. The van der Waals surface area contributed by atoms with E-state index in [0.29, 0.717) is 42.7 Å². The van der Waals surface area contributed by atoms with Crippen LogP contribution in [0.5, 0.6) is 0 Å². The molecule has 0 saturated heterocycles. The second kappa shape index (κ2) is 13.2. The van der Waals surface area contributed by atoms with Crippen LogP contribution >= 0.6 is 12.2 Å². The normalized spacial score (nSPS) is 12.8. The summed E-state index contributed by atoms with van der Waals surface area (Å²) in [6.45, 7) is 4.16. The Labute approximate surface area is 183 Å². The van der Waals surface area contributed by atoms with Crippen LogP contribution in [0.25, 0.3) is 0 Å². The lowest BCUT2D eigenvalue weighted by atomic mass is 9.96. The van der Waals surface area contributed by atoms with Gasteiger partial charge < -0.3 is 16.6 Å². The zero-order valence-corrected chi connectivity index (χ0v) is 18.6. The smallest absolute Gasteiger partial charge is 0.327 e. The zero-order chi connectivity index (χ0) is 22.7. The van der Waals surface area contributed by atoms with Crippen molar-refractivity contribution in [3.05, 3.63) is 35.4 Å². The van der Waals surface area contributed by atoms with Gasteiger partial charge in [0.05, 0.1) is 6.04 Å². The van der Waals surface area contributed by atoms with E-state index in [-0.39, 0.29) is 12.8 Å². The van der Waals surface area contributed by atoms with Crippen molar-refractivity contribution in [2.24, 2.45) is 11.5 Å². The topological polar surface area (TPSA) is 127 Å². The van der Waals surface area contributed by atoms with Crippen LogP contribution in [0, 0.1) is 0 Å². The SMILES string of the molecule is CCCCC(=O)N(C(=O)C(N)CCCCN)C(Cc1ccccc1C(C)=S)C(=O)O. The number of amides is 2. The third kappa shape index (κ3) is 7.59. The Balaban J connectivity index is 3.25. The molecular formula is C22H33N3O4S. The molecule has 0 aliphatic rings. The van der Waals surface area contributed by atoms with Gasteiger partial charge in [0, 0.05) is 17.7 Å². The van der Waals surface area contributed by atoms with Gasteiger partial charge in [-0.05, 0) is 43.9 Å². The summed E-state index contributed by atoms with van der Waals surface area (Å²) >= 11 is 5.27. The Kier molecular flexibility index (Phi) is 11.4. The summed E-state index contributed by atoms with van der Waals surface area (Å²) in [5, 5.41) is 9.92. The number of benzene rings is 1. The molecule has 0 spiro atoms. The predicted molar refractivity (Wildman–Crippen MR) is 121 cm³/mol. The molecular weight excluding hydrogens is 402 g/mol. The minimum Gasteiger partial charge on any atom is -0.480 e. The molecule has 2 atom stereocenters. The number of aliphatic carboxylic acids is 1. The quantitative estimate of drug-likeness (QED) is 0.247. The fourth-order valence-corrected chi connectivity index (χ4v) is 3.45. The molecule has 166 valence electrons. The monoisotopic (exact) mass is 435 g/mol. The number of nitrogens with two attached hydrogens (primary N) is 2. The van der Waals surface area contributed by atoms with Gasteiger partial charge >= 0.3 is 5.97 Å². The Morgan fingerprint density at radius 3 is 2.40 bits per heavy atom. The molecule has 1 aromatic carbocycles. The van der Waals surface area contributed by atoms with Gasteiger partial charge in [0.1, 0.15) is 6.04 Å². The predicted octanol–water partition coefficient (Wildman–Crippen LogP) is 2.42. The highest BCUT2D eigenvalue weighted by Gasteiger charge is 2.37. The number of carboxylic acid groups (broad SMARTS) is 1. The lowest BCUT2D eigenvalue weighted by Crippen LogP contribution is -2.55. The van der Waals surface area contributed by atoms with Crippen molar-refractivity contribution in [3.8, 4) is 0 Å². The number of thiocarbonyl (C=S) groups is 1. The molecule has 0 aromatic heterocycles. The molecule has 30 heavy (non-hydrogen) atoms. The van der Waals surface area contributed by atoms with Crippen LogP contribution in [0.2, 0.25) is 0 Å². The van der Waals surface area contributed by atoms with Crippen molar-refractivity contribution in [2.75, 3.05) is 6.54 Å². The first-order chi connectivity index (χ1) is 14.2. The maximum absolute atomic E-state index is 13.1. The maximum Gasteiger partial charge on any atom is 0.327 e. The number of hydrogen-bond acceptors (Lipinski definition) is 6.